The summed E-state index contributed by atoms with van der Waals surface area (Å²) in [6.45, 7) is 9.71. The topological polar surface area (TPSA) is 145 Å². The number of aryl methyl sites for hydroxylation is 1. The number of hydrogen-bond acceptors (Lipinski definition) is 6. The maximum absolute atomic E-state index is 13.4. The lowest BCUT2D eigenvalue weighted by Gasteiger charge is -2.32. The fourth-order valence-electron chi connectivity index (χ4n) is 5.88. The zero-order valence-electron chi connectivity index (χ0n) is 28.0. The molecular weight excluding hydrogens is 588 g/mol. The van der Waals surface area contributed by atoms with Gasteiger partial charge in [-0.1, -0.05) is 75.6 Å². The number of fused-ring (bicyclic) bond motifs is 1. The van der Waals surface area contributed by atoms with E-state index < -0.39 is 0 Å². The molecule has 1 aliphatic carbocycles. The molecule has 10 nitrogen and oxygen atoms in total. The standard InChI is InChI=1S/C37H48N8O2/c1-25-13-15-26(16-14-25)41-34(23-32(38)37(2,3)4)43-36(46)42-30-18-19-31(29-12-8-7-11-28(29)30)47-27-17-20-33(39)45(24-27)35(40)44-21-9-5-6-10-22-44/h7-8,11-17,20,23-24,30-31,39-40H,5-6,9-10,18-19,21-22,38H2,1-4H3,(H2,41,42,43,46)/b32-23-,39-33?,40-35?/t30-,31+/m0/s1. The van der Waals surface area contributed by atoms with Gasteiger partial charge in [0.05, 0.1) is 17.9 Å². The zero-order valence-corrected chi connectivity index (χ0v) is 28.0. The van der Waals surface area contributed by atoms with Gasteiger partial charge in [-0.3, -0.25) is 20.7 Å². The van der Waals surface area contributed by atoms with E-state index in [1.807, 2.05) is 76.2 Å². The second kappa shape index (κ2) is 14.7. The Bertz CT molecular complexity index is 1690. The first-order valence-corrected chi connectivity index (χ1v) is 16.5. The molecule has 1 saturated heterocycles. The summed E-state index contributed by atoms with van der Waals surface area (Å²) in [6.07, 6.45) is 9.04. The van der Waals surface area contributed by atoms with E-state index in [-0.39, 0.29) is 29.1 Å². The molecule has 2 amide bonds. The number of ether oxygens (including phenoxy) is 1. The average Bonchev–Trinajstić information content (AvgIpc) is 3.33. The van der Waals surface area contributed by atoms with Gasteiger partial charge in [0.25, 0.3) is 0 Å². The SMILES string of the molecule is Cc1ccc(N=C(/C=C(\N)C(C)(C)C)NC(=O)N[C@H]2CC[C@@H](Oc3ccc(=N)n(C(=N)N4CCCCCC4)c3)c3ccccc32)cc1. The molecule has 0 saturated carbocycles. The normalized spacial score (nSPS) is 18.9. The molecule has 2 atom stereocenters. The Balaban J connectivity index is 1.31. The highest BCUT2D eigenvalue weighted by Crippen LogP contribution is 2.38. The molecule has 0 spiro atoms. The third kappa shape index (κ3) is 8.69. The van der Waals surface area contributed by atoms with Crippen molar-refractivity contribution in [2.45, 2.75) is 78.4 Å². The largest absolute Gasteiger partial charge is 0.484 e. The summed E-state index contributed by atoms with van der Waals surface area (Å²) in [5.41, 5.74) is 10.8. The van der Waals surface area contributed by atoms with E-state index in [0.717, 1.165) is 42.6 Å². The van der Waals surface area contributed by atoms with Crippen LogP contribution in [-0.2, 0) is 0 Å². The number of nitrogens with two attached hydrogens (primary N) is 1. The molecule has 47 heavy (non-hydrogen) atoms. The number of likely N-dealkylation sites (tertiary alicyclic amines) is 1. The Morgan fingerprint density at radius 2 is 1.66 bits per heavy atom. The van der Waals surface area contributed by atoms with Crippen LogP contribution in [0.5, 0.6) is 5.75 Å². The van der Waals surface area contributed by atoms with Crippen molar-refractivity contribution < 1.29 is 9.53 Å². The van der Waals surface area contributed by atoms with Crippen LogP contribution in [-0.4, -0.2) is 40.4 Å². The van der Waals surface area contributed by atoms with E-state index >= 15 is 0 Å². The number of pyridine rings is 1. The summed E-state index contributed by atoms with van der Waals surface area (Å²) in [7, 11) is 0. The van der Waals surface area contributed by atoms with E-state index in [0.29, 0.717) is 41.8 Å². The summed E-state index contributed by atoms with van der Waals surface area (Å²) in [5.74, 6) is 1.27. The van der Waals surface area contributed by atoms with Crippen molar-refractivity contribution in [3.05, 3.63) is 101 Å². The molecule has 1 fully saturated rings. The Morgan fingerprint density at radius 1 is 0.979 bits per heavy atom. The van der Waals surface area contributed by atoms with Gasteiger partial charge >= 0.3 is 6.03 Å². The number of carbonyl (C=O) groups is 1. The zero-order chi connectivity index (χ0) is 33.6. The lowest BCUT2D eigenvalue weighted by molar-refractivity contribution is 0.171. The van der Waals surface area contributed by atoms with Crippen molar-refractivity contribution in [1.29, 1.82) is 10.8 Å². The summed E-state index contributed by atoms with van der Waals surface area (Å²) < 4.78 is 8.12. The van der Waals surface area contributed by atoms with E-state index in [1.165, 1.54) is 12.8 Å². The Morgan fingerprint density at radius 3 is 2.34 bits per heavy atom. The van der Waals surface area contributed by atoms with Crippen LogP contribution in [0.4, 0.5) is 10.5 Å². The fraction of sp³-hybridized carbons (Fsp3) is 0.405. The molecule has 2 heterocycles. The quantitative estimate of drug-likeness (QED) is 0.155. The predicted molar refractivity (Wildman–Crippen MR) is 187 cm³/mol. The Kier molecular flexibility index (Phi) is 10.5. The highest BCUT2D eigenvalue weighted by atomic mass is 16.5. The lowest BCUT2D eigenvalue weighted by Crippen LogP contribution is -2.42. The molecule has 0 unspecified atom stereocenters. The number of aliphatic imine (C=N–C) groups is 1. The monoisotopic (exact) mass is 636 g/mol. The van der Waals surface area contributed by atoms with Crippen LogP contribution in [0.15, 0.2) is 83.6 Å². The first kappa shape index (κ1) is 33.5. The molecule has 248 valence electrons. The number of urea groups is 1. The van der Waals surface area contributed by atoms with Gasteiger partial charge < -0.3 is 20.7 Å². The van der Waals surface area contributed by atoms with E-state index in [9.17, 15) is 4.79 Å². The second-order valence-corrected chi connectivity index (χ2v) is 13.5. The summed E-state index contributed by atoms with van der Waals surface area (Å²) in [5, 5.41) is 23.4. The predicted octanol–water partition coefficient (Wildman–Crippen LogP) is 6.81. The van der Waals surface area contributed by atoms with Crippen molar-refractivity contribution >= 4 is 23.5 Å². The minimum atomic E-state index is -0.368. The molecule has 6 N–H and O–H groups in total. The van der Waals surface area contributed by atoms with Gasteiger partial charge in [0.15, 0.2) is 0 Å². The van der Waals surface area contributed by atoms with Crippen molar-refractivity contribution in [2.75, 3.05) is 13.1 Å². The summed E-state index contributed by atoms with van der Waals surface area (Å²) in [6, 6.07) is 18.7. The number of amidine groups is 1. The molecule has 2 aromatic carbocycles. The Labute approximate surface area is 277 Å². The molecule has 0 radical (unpaired) electrons. The molecule has 1 aromatic heterocycles. The molecule has 2 aliphatic rings. The maximum atomic E-state index is 13.4. The van der Waals surface area contributed by atoms with Crippen molar-refractivity contribution in [1.82, 2.24) is 20.1 Å². The highest BCUT2D eigenvalue weighted by Gasteiger charge is 2.30. The van der Waals surface area contributed by atoms with Crippen LogP contribution in [0.25, 0.3) is 0 Å². The van der Waals surface area contributed by atoms with Crippen LogP contribution < -0.4 is 26.6 Å². The van der Waals surface area contributed by atoms with Gasteiger partial charge in [-0.05, 0) is 68.0 Å². The van der Waals surface area contributed by atoms with Gasteiger partial charge in [-0.2, -0.15) is 0 Å². The first-order valence-electron chi connectivity index (χ1n) is 16.5. The maximum Gasteiger partial charge on any atom is 0.320 e. The minimum Gasteiger partial charge on any atom is -0.484 e. The smallest absolute Gasteiger partial charge is 0.320 e. The van der Waals surface area contributed by atoms with Crippen molar-refractivity contribution in [3.63, 3.8) is 0 Å². The number of allylic oxidation sites excluding steroid dienone is 1. The van der Waals surface area contributed by atoms with Gasteiger partial charge in [-0.15, -0.1) is 0 Å². The summed E-state index contributed by atoms with van der Waals surface area (Å²) in [4.78, 5) is 20.2. The first-order chi connectivity index (χ1) is 22.5. The third-order valence-corrected chi connectivity index (χ3v) is 8.76. The van der Waals surface area contributed by atoms with E-state index in [1.54, 1.807) is 29.0 Å². The number of rotatable bonds is 5. The van der Waals surface area contributed by atoms with Crippen LogP contribution in [0.3, 0.4) is 0 Å². The van der Waals surface area contributed by atoms with Crippen LogP contribution in [0, 0.1) is 23.2 Å². The number of hydrogen-bond donors (Lipinski definition) is 5. The molecule has 10 heteroatoms. The van der Waals surface area contributed by atoms with Crippen molar-refractivity contribution in [3.8, 4) is 5.75 Å². The van der Waals surface area contributed by atoms with E-state index in [2.05, 4.69) is 20.5 Å². The molecule has 5 rings (SSSR count). The van der Waals surface area contributed by atoms with E-state index in [4.69, 9.17) is 21.3 Å². The van der Waals surface area contributed by atoms with Crippen LogP contribution >= 0.6 is 0 Å². The second-order valence-electron chi connectivity index (χ2n) is 13.5. The highest BCUT2D eigenvalue weighted by molar-refractivity contribution is 6.05. The number of nitrogens with one attached hydrogen (secondary N) is 4. The van der Waals surface area contributed by atoms with Gasteiger partial charge in [-0.25, -0.2) is 9.79 Å². The number of aromatic nitrogens is 1. The molecule has 3 aromatic rings. The average molecular weight is 637 g/mol. The number of amides is 2. The Hall–Kier alpha value is -4.86. The third-order valence-electron chi connectivity index (χ3n) is 8.76. The van der Waals surface area contributed by atoms with Crippen LogP contribution in [0.1, 0.15) is 88.1 Å². The molecule has 0 bridgehead atoms. The number of carbonyl (C=O) groups excluding carboxylic acids is 1. The van der Waals surface area contributed by atoms with Gasteiger partial charge in [0.1, 0.15) is 23.2 Å². The number of nitrogens with zero attached hydrogens (tertiary/aromatic N) is 3. The summed E-state index contributed by atoms with van der Waals surface area (Å²) >= 11 is 0. The number of benzene rings is 2. The lowest BCUT2D eigenvalue weighted by atomic mass is 9.85. The van der Waals surface area contributed by atoms with Crippen LogP contribution in [0.2, 0.25) is 0 Å². The van der Waals surface area contributed by atoms with Gasteiger partial charge in [0.2, 0.25) is 5.96 Å². The van der Waals surface area contributed by atoms with Crippen molar-refractivity contribution in [2.24, 2.45) is 16.1 Å². The van der Waals surface area contributed by atoms with Gasteiger partial charge in [0, 0.05) is 30.3 Å². The molecular formula is C37H48N8O2. The molecule has 1 aliphatic heterocycles. The minimum absolute atomic E-state index is 0.229. The fourth-order valence-corrected chi connectivity index (χ4v) is 5.88.